The van der Waals surface area contributed by atoms with E-state index in [9.17, 15) is 8.42 Å². The van der Waals surface area contributed by atoms with Crippen LogP contribution >= 0.6 is 0 Å². The SMILES string of the molecule is CC(C)NCCCS(=O)(=O)N(C)C1CCOC1. The van der Waals surface area contributed by atoms with Gasteiger partial charge in [0.1, 0.15) is 0 Å². The minimum atomic E-state index is -3.13. The monoisotopic (exact) mass is 264 g/mol. The summed E-state index contributed by atoms with van der Waals surface area (Å²) in [6.45, 7) is 6.04. The first-order valence-electron chi connectivity index (χ1n) is 6.20. The highest BCUT2D eigenvalue weighted by Crippen LogP contribution is 2.14. The van der Waals surface area contributed by atoms with Crippen LogP contribution in [-0.2, 0) is 14.8 Å². The van der Waals surface area contributed by atoms with Gasteiger partial charge in [0.05, 0.1) is 18.4 Å². The molecule has 17 heavy (non-hydrogen) atoms. The molecular formula is C11H24N2O3S. The summed E-state index contributed by atoms with van der Waals surface area (Å²) in [5.41, 5.74) is 0. The summed E-state index contributed by atoms with van der Waals surface area (Å²) in [4.78, 5) is 0. The molecule has 0 bridgehead atoms. The van der Waals surface area contributed by atoms with Crippen molar-refractivity contribution in [2.45, 2.75) is 38.8 Å². The van der Waals surface area contributed by atoms with Gasteiger partial charge in [0.25, 0.3) is 0 Å². The van der Waals surface area contributed by atoms with Crippen molar-refractivity contribution in [3.63, 3.8) is 0 Å². The summed E-state index contributed by atoms with van der Waals surface area (Å²) < 4.78 is 30.7. The molecule has 0 aromatic carbocycles. The summed E-state index contributed by atoms with van der Waals surface area (Å²) in [6.07, 6.45) is 1.46. The van der Waals surface area contributed by atoms with Gasteiger partial charge in [0, 0.05) is 19.7 Å². The van der Waals surface area contributed by atoms with Crippen LogP contribution in [0.2, 0.25) is 0 Å². The molecule has 6 heteroatoms. The smallest absolute Gasteiger partial charge is 0.214 e. The van der Waals surface area contributed by atoms with Crippen molar-refractivity contribution in [1.29, 1.82) is 0 Å². The van der Waals surface area contributed by atoms with E-state index >= 15 is 0 Å². The first-order chi connectivity index (χ1) is 7.93. The van der Waals surface area contributed by atoms with E-state index in [4.69, 9.17) is 4.74 Å². The van der Waals surface area contributed by atoms with Gasteiger partial charge >= 0.3 is 0 Å². The number of hydrogen-bond donors (Lipinski definition) is 1. The number of nitrogens with zero attached hydrogens (tertiary/aromatic N) is 1. The molecule has 102 valence electrons. The molecule has 0 saturated carbocycles. The molecule has 1 N–H and O–H groups in total. The quantitative estimate of drug-likeness (QED) is 0.677. The summed E-state index contributed by atoms with van der Waals surface area (Å²) in [5, 5.41) is 3.22. The van der Waals surface area contributed by atoms with E-state index in [2.05, 4.69) is 19.2 Å². The Labute approximate surface area is 105 Å². The lowest BCUT2D eigenvalue weighted by molar-refractivity contribution is 0.181. The van der Waals surface area contributed by atoms with Gasteiger partial charge < -0.3 is 10.1 Å². The summed E-state index contributed by atoms with van der Waals surface area (Å²) in [7, 11) is -1.47. The average Bonchev–Trinajstić information content (AvgIpc) is 2.76. The van der Waals surface area contributed by atoms with Crippen LogP contribution in [0, 0.1) is 0 Å². The molecule has 0 spiro atoms. The van der Waals surface area contributed by atoms with Gasteiger partial charge in [-0.3, -0.25) is 0 Å². The van der Waals surface area contributed by atoms with Gasteiger partial charge in [0.2, 0.25) is 10.0 Å². The zero-order valence-electron chi connectivity index (χ0n) is 11.0. The Morgan fingerprint density at radius 1 is 1.47 bits per heavy atom. The van der Waals surface area contributed by atoms with E-state index in [0.29, 0.717) is 25.7 Å². The van der Waals surface area contributed by atoms with Crippen molar-refractivity contribution >= 4 is 10.0 Å². The van der Waals surface area contributed by atoms with Crippen LogP contribution in [0.1, 0.15) is 26.7 Å². The Morgan fingerprint density at radius 3 is 2.71 bits per heavy atom. The van der Waals surface area contributed by atoms with Crippen LogP contribution in [0.5, 0.6) is 0 Å². The van der Waals surface area contributed by atoms with E-state index < -0.39 is 10.0 Å². The lowest BCUT2D eigenvalue weighted by atomic mass is 10.3. The largest absolute Gasteiger partial charge is 0.380 e. The van der Waals surface area contributed by atoms with E-state index in [1.54, 1.807) is 7.05 Å². The summed E-state index contributed by atoms with van der Waals surface area (Å²) >= 11 is 0. The zero-order chi connectivity index (χ0) is 12.9. The number of rotatable bonds is 7. The third kappa shape index (κ3) is 4.91. The maximum Gasteiger partial charge on any atom is 0.214 e. The van der Waals surface area contributed by atoms with E-state index in [-0.39, 0.29) is 11.8 Å². The molecule has 5 nitrogen and oxygen atoms in total. The predicted molar refractivity (Wildman–Crippen MR) is 68.5 cm³/mol. The molecule has 0 aromatic heterocycles. The molecule has 0 aromatic rings. The van der Waals surface area contributed by atoms with Gasteiger partial charge in [-0.05, 0) is 19.4 Å². The molecular weight excluding hydrogens is 240 g/mol. The second kappa shape index (κ2) is 6.68. The molecule has 1 atom stereocenters. The normalized spacial score (nSPS) is 21.6. The zero-order valence-corrected chi connectivity index (χ0v) is 11.8. The molecule has 1 unspecified atom stereocenters. The lowest BCUT2D eigenvalue weighted by Gasteiger charge is -2.22. The number of sulfonamides is 1. The molecule has 1 aliphatic heterocycles. The Hall–Kier alpha value is -0.170. The third-order valence-corrected chi connectivity index (χ3v) is 4.97. The molecule has 0 amide bonds. The predicted octanol–water partition coefficient (Wildman–Crippen LogP) is 0.425. The fraction of sp³-hybridized carbons (Fsp3) is 1.00. The van der Waals surface area contributed by atoms with Crippen LogP contribution in [0.15, 0.2) is 0 Å². The van der Waals surface area contributed by atoms with Crippen LogP contribution in [0.3, 0.4) is 0 Å². The Bertz CT molecular complexity index is 311. The number of likely N-dealkylation sites (N-methyl/N-ethyl adjacent to an activating group) is 1. The molecule has 1 saturated heterocycles. The van der Waals surface area contributed by atoms with Crippen molar-refractivity contribution < 1.29 is 13.2 Å². The molecule has 1 fully saturated rings. The fourth-order valence-electron chi connectivity index (χ4n) is 1.83. The van der Waals surface area contributed by atoms with Gasteiger partial charge in [0.15, 0.2) is 0 Å². The van der Waals surface area contributed by atoms with Crippen LogP contribution in [-0.4, -0.2) is 57.4 Å². The van der Waals surface area contributed by atoms with Crippen molar-refractivity contribution in [2.75, 3.05) is 32.6 Å². The Morgan fingerprint density at radius 2 is 2.18 bits per heavy atom. The number of nitrogens with one attached hydrogen (secondary N) is 1. The van der Waals surface area contributed by atoms with Gasteiger partial charge in [-0.25, -0.2) is 8.42 Å². The topological polar surface area (TPSA) is 58.6 Å². The number of ether oxygens (including phenoxy) is 1. The standard InChI is InChI=1S/C11H24N2O3S/c1-10(2)12-6-4-8-17(14,15)13(3)11-5-7-16-9-11/h10-12H,4-9H2,1-3H3. The molecule has 1 heterocycles. The second-order valence-electron chi connectivity index (χ2n) is 4.81. The minimum absolute atomic E-state index is 0.0260. The molecule has 1 rings (SSSR count). The van der Waals surface area contributed by atoms with Gasteiger partial charge in [-0.2, -0.15) is 4.31 Å². The Kier molecular flexibility index (Phi) is 5.85. The first-order valence-corrected chi connectivity index (χ1v) is 7.81. The second-order valence-corrected chi connectivity index (χ2v) is 6.96. The average molecular weight is 264 g/mol. The highest BCUT2D eigenvalue weighted by Gasteiger charge is 2.28. The van der Waals surface area contributed by atoms with Crippen LogP contribution < -0.4 is 5.32 Å². The van der Waals surface area contributed by atoms with Crippen molar-refractivity contribution in [3.05, 3.63) is 0 Å². The third-order valence-electron chi connectivity index (χ3n) is 2.99. The van der Waals surface area contributed by atoms with Crippen molar-refractivity contribution in [1.82, 2.24) is 9.62 Å². The van der Waals surface area contributed by atoms with Crippen molar-refractivity contribution in [2.24, 2.45) is 0 Å². The number of hydrogen-bond acceptors (Lipinski definition) is 4. The maximum absolute atomic E-state index is 12.0. The van der Waals surface area contributed by atoms with E-state index in [1.807, 2.05) is 0 Å². The van der Waals surface area contributed by atoms with Crippen molar-refractivity contribution in [3.8, 4) is 0 Å². The minimum Gasteiger partial charge on any atom is -0.380 e. The highest BCUT2D eigenvalue weighted by atomic mass is 32.2. The van der Waals surface area contributed by atoms with Gasteiger partial charge in [-0.1, -0.05) is 13.8 Å². The highest BCUT2D eigenvalue weighted by molar-refractivity contribution is 7.89. The van der Waals surface area contributed by atoms with Gasteiger partial charge in [-0.15, -0.1) is 0 Å². The van der Waals surface area contributed by atoms with E-state index in [0.717, 1.165) is 13.0 Å². The lowest BCUT2D eigenvalue weighted by Crippen LogP contribution is -2.39. The first kappa shape index (κ1) is 14.9. The summed E-state index contributed by atoms with van der Waals surface area (Å²) in [6, 6.07) is 0.428. The van der Waals surface area contributed by atoms with Crippen LogP contribution in [0.4, 0.5) is 0 Å². The summed E-state index contributed by atoms with van der Waals surface area (Å²) in [5.74, 6) is 0.208. The molecule has 0 radical (unpaired) electrons. The molecule has 1 aliphatic rings. The maximum atomic E-state index is 12.0. The molecule has 0 aliphatic carbocycles. The van der Waals surface area contributed by atoms with Crippen LogP contribution in [0.25, 0.3) is 0 Å². The Balaban J connectivity index is 2.34. The van der Waals surface area contributed by atoms with E-state index in [1.165, 1.54) is 4.31 Å². The fourth-order valence-corrected chi connectivity index (χ4v) is 3.24.